The van der Waals surface area contributed by atoms with Crippen molar-refractivity contribution in [1.82, 2.24) is 9.78 Å². The molecule has 0 radical (unpaired) electrons. The summed E-state index contributed by atoms with van der Waals surface area (Å²) in [5, 5.41) is 5.44. The Bertz CT molecular complexity index is 660. The number of aryl methyl sites for hydroxylation is 2. The zero-order valence-electron chi connectivity index (χ0n) is 13.0. The van der Waals surface area contributed by atoms with Crippen molar-refractivity contribution in [3.63, 3.8) is 0 Å². The van der Waals surface area contributed by atoms with Gasteiger partial charge < -0.3 is 9.31 Å². The lowest BCUT2D eigenvalue weighted by molar-refractivity contribution is 0.00578. The van der Waals surface area contributed by atoms with Crippen LogP contribution in [0.4, 0.5) is 0 Å². The van der Waals surface area contributed by atoms with Gasteiger partial charge in [-0.1, -0.05) is 5.56 Å². The standard InChI is InChI=1S/C15H21BN2O2/c1-10-7-11-9-17-18(6)13(11)8-12(10)16-19-14(2,3)15(4,5)20-16/h7-9H,1-6H3. The van der Waals surface area contributed by atoms with E-state index in [-0.39, 0.29) is 18.3 Å². The van der Waals surface area contributed by atoms with Gasteiger partial charge in [-0.15, -0.1) is 0 Å². The zero-order chi connectivity index (χ0) is 14.7. The average molecular weight is 272 g/mol. The number of nitrogens with zero attached hydrogens (tertiary/aromatic N) is 2. The monoisotopic (exact) mass is 272 g/mol. The second kappa shape index (κ2) is 4.09. The third-order valence-corrected chi connectivity index (χ3v) is 4.64. The van der Waals surface area contributed by atoms with Crippen molar-refractivity contribution in [2.45, 2.75) is 45.8 Å². The first-order valence-corrected chi connectivity index (χ1v) is 6.99. The summed E-state index contributed by atoms with van der Waals surface area (Å²) in [5.74, 6) is 0. The normalized spacial score (nSPS) is 20.8. The van der Waals surface area contributed by atoms with Crippen LogP contribution in [0.1, 0.15) is 33.3 Å². The summed E-state index contributed by atoms with van der Waals surface area (Å²) in [6.45, 7) is 10.4. The summed E-state index contributed by atoms with van der Waals surface area (Å²) in [4.78, 5) is 0. The predicted octanol–water partition coefficient (Wildman–Crippen LogP) is 2.18. The third kappa shape index (κ3) is 1.88. The summed E-state index contributed by atoms with van der Waals surface area (Å²) in [7, 11) is 1.63. The van der Waals surface area contributed by atoms with Crippen LogP contribution in [0, 0.1) is 6.92 Å². The van der Waals surface area contributed by atoms with Crippen LogP contribution >= 0.6 is 0 Å². The van der Waals surface area contributed by atoms with Gasteiger partial charge in [0.15, 0.2) is 0 Å². The van der Waals surface area contributed by atoms with Gasteiger partial charge in [-0.05, 0) is 52.2 Å². The highest BCUT2D eigenvalue weighted by Gasteiger charge is 2.52. The van der Waals surface area contributed by atoms with Crippen molar-refractivity contribution in [2.24, 2.45) is 7.05 Å². The quantitative estimate of drug-likeness (QED) is 0.746. The van der Waals surface area contributed by atoms with Crippen LogP contribution in [0.3, 0.4) is 0 Å². The van der Waals surface area contributed by atoms with Crippen LogP contribution in [0.15, 0.2) is 18.3 Å². The molecule has 1 aliphatic rings. The molecule has 1 fully saturated rings. The molecule has 0 saturated carbocycles. The molecule has 4 nitrogen and oxygen atoms in total. The van der Waals surface area contributed by atoms with E-state index in [1.807, 2.05) is 17.9 Å². The highest BCUT2D eigenvalue weighted by Crippen LogP contribution is 2.36. The van der Waals surface area contributed by atoms with E-state index >= 15 is 0 Å². The largest absolute Gasteiger partial charge is 0.495 e. The molecule has 0 amide bonds. The number of rotatable bonds is 1. The van der Waals surface area contributed by atoms with Crippen molar-refractivity contribution < 1.29 is 9.31 Å². The molecule has 1 aliphatic heterocycles. The summed E-state index contributed by atoms with van der Waals surface area (Å²) in [6, 6.07) is 4.27. The van der Waals surface area contributed by atoms with Gasteiger partial charge in [-0.25, -0.2) is 0 Å². The van der Waals surface area contributed by atoms with Crippen LogP contribution in [0.2, 0.25) is 0 Å². The van der Waals surface area contributed by atoms with Crippen molar-refractivity contribution in [3.8, 4) is 0 Å². The molecule has 5 heteroatoms. The Morgan fingerprint density at radius 3 is 2.30 bits per heavy atom. The Balaban J connectivity index is 2.07. The van der Waals surface area contributed by atoms with Gasteiger partial charge in [0.05, 0.1) is 22.9 Å². The lowest BCUT2D eigenvalue weighted by Gasteiger charge is -2.32. The summed E-state index contributed by atoms with van der Waals surface area (Å²) in [5.41, 5.74) is 2.72. The van der Waals surface area contributed by atoms with Gasteiger partial charge >= 0.3 is 7.12 Å². The summed E-state index contributed by atoms with van der Waals surface area (Å²) >= 11 is 0. The van der Waals surface area contributed by atoms with Gasteiger partial charge in [-0.2, -0.15) is 5.10 Å². The SMILES string of the molecule is Cc1cc2cnn(C)c2cc1B1OC(C)(C)C(C)(C)O1. The molecule has 106 valence electrons. The van der Waals surface area contributed by atoms with Crippen LogP contribution in [-0.2, 0) is 16.4 Å². The maximum absolute atomic E-state index is 6.14. The number of hydrogen-bond donors (Lipinski definition) is 0. The fourth-order valence-corrected chi connectivity index (χ4v) is 2.55. The molecule has 1 aromatic heterocycles. The van der Waals surface area contributed by atoms with Crippen LogP contribution in [-0.4, -0.2) is 28.1 Å². The van der Waals surface area contributed by atoms with E-state index in [0.29, 0.717) is 0 Å². The van der Waals surface area contributed by atoms with Gasteiger partial charge in [0.25, 0.3) is 0 Å². The fourth-order valence-electron chi connectivity index (χ4n) is 2.55. The number of hydrogen-bond acceptors (Lipinski definition) is 3. The van der Waals surface area contributed by atoms with Crippen LogP contribution < -0.4 is 5.46 Å². The Morgan fingerprint density at radius 2 is 1.70 bits per heavy atom. The smallest absolute Gasteiger partial charge is 0.399 e. The Morgan fingerprint density at radius 1 is 1.10 bits per heavy atom. The van der Waals surface area contributed by atoms with Crippen LogP contribution in [0.5, 0.6) is 0 Å². The van der Waals surface area contributed by atoms with E-state index in [9.17, 15) is 0 Å². The van der Waals surface area contributed by atoms with Crippen molar-refractivity contribution in [3.05, 3.63) is 23.9 Å². The van der Waals surface area contributed by atoms with Gasteiger partial charge in [0.1, 0.15) is 0 Å². The maximum atomic E-state index is 6.14. The number of fused-ring (bicyclic) bond motifs is 1. The lowest BCUT2D eigenvalue weighted by Crippen LogP contribution is -2.41. The molecular weight excluding hydrogens is 251 g/mol. The van der Waals surface area contributed by atoms with Crippen LogP contribution in [0.25, 0.3) is 10.9 Å². The summed E-state index contributed by atoms with van der Waals surface area (Å²) < 4.78 is 14.2. The molecular formula is C15H21BN2O2. The molecule has 1 saturated heterocycles. The molecule has 2 heterocycles. The topological polar surface area (TPSA) is 36.3 Å². The minimum Gasteiger partial charge on any atom is -0.399 e. The molecule has 2 aromatic rings. The summed E-state index contributed by atoms with van der Waals surface area (Å²) in [6.07, 6.45) is 1.89. The highest BCUT2D eigenvalue weighted by molar-refractivity contribution is 6.63. The zero-order valence-corrected chi connectivity index (χ0v) is 13.0. The Labute approximate surface area is 120 Å². The van der Waals surface area contributed by atoms with E-state index < -0.39 is 0 Å². The molecule has 0 spiro atoms. The average Bonchev–Trinajstić information content (AvgIpc) is 2.77. The molecule has 3 rings (SSSR count). The molecule has 0 bridgehead atoms. The molecule has 0 N–H and O–H groups in total. The Hall–Kier alpha value is -1.33. The Kier molecular flexibility index (Phi) is 2.79. The first kappa shape index (κ1) is 13.6. The second-order valence-electron chi connectivity index (χ2n) is 6.62. The predicted molar refractivity (Wildman–Crippen MR) is 81.2 cm³/mol. The molecule has 0 atom stereocenters. The van der Waals surface area contributed by atoms with E-state index in [1.54, 1.807) is 0 Å². The number of benzene rings is 1. The van der Waals surface area contributed by atoms with Crippen molar-refractivity contribution in [1.29, 1.82) is 0 Å². The van der Waals surface area contributed by atoms with Gasteiger partial charge in [0.2, 0.25) is 0 Å². The molecule has 20 heavy (non-hydrogen) atoms. The second-order valence-corrected chi connectivity index (χ2v) is 6.62. The minimum absolute atomic E-state index is 0.314. The van der Waals surface area contributed by atoms with E-state index in [1.165, 1.54) is 5.56 Å². The molecule has 0 unspecified atom stereocenters. The van der Waals surface area contributed by atoms with Crippen molar-refractivity contribution >= 4 is 23.5 Å². The van der Waals surface area contributed by atoms with E-state index in [4.69, 9.17) is 9.31 Å². The highest BCUT2D eigenvalue weighted by atomic mass is 16.7. The van der Waals surface area contributed by atoms with Crippen molar-refractivity contribution in [2.75, 3.05) is 0 Å². The minimum atomic E-state index is -0.320. The van der Waals surface area contributed by atoms with E-state index in [0.717, 1.165) is 16.4 Å². The molecule has 1 aromatic carbocycles. The van der Waals surface area contributed by atoms with E-state index in [2.05, 4.69) is 51.9 Å². The first-order valence-electron chi connectivity index (χ1n) is 6.99. The fraction of sp³-hybridized carbons (Fsp3) is 0.533. The molecule has 0 aliphatic carbocycles. The van der Waals surface area contributed by atoms with Gasteiger partial charge in [0, 0.05) is 12.4 Å². The first-order chi connectivity index (χ1) is 9.21. The number of aromatic nitrogens is 2. The lowest BCUT2D eigenvalue weighted by atomic mass is 9.76. The maximum Gasteiger partial charge on any atom is 0.495 e. The third-order valence-electron chi connectivity index (χ3n) is 4.64. The van der Waals surface area contributed by atoms with Gasteiger partial charge in [-0.3, -0.25) is 4.68 Å².